The highest BCUT2D eigenvalue weighted by Crippen LogP contribution is 2.08. The second-order valence-corrected chi connectivity index (χ2v) is 5.77. The molecule has 0 N–H and O–H groups in total. The summed E-state index contributed by atoms with van der Waals surface area (Å²) in [6, 6.07) is 0.752. The summed E-state index contributed by atoms with van der Waals surface area (Å²) >= 11 is 0. The maximum atomic E-state index is 2.33. The Hall–Kier alpha value is -0.0800. The van der Waals surface area contributed by atoms with Crippen LogP contribution in [0, 0.1) is 0 Å². The summed E-state index contributed by atoms with van der Waals surface area (Å²) in [5.41, 5.74) is 0. The largest absolute Gasteiger partial charge is 0.331 e. The molecule has 0 aromatic heterocycles. The highest BCUT2D eigenvalue weighted by molar-refractivity contribution is 4.48. The molecule has 0 bridgehead atoms. The van der Waals surface area contributed by atoms with Gasteiger partial charge in [0.05, 0.1) is 54.9 Å². The van der Waals surface area contributed by atoms with Gasteiger partial charge in [-0.2, -0.15) is 0 Å². The Balaban J connectivity index is 3.80. The molecule has 1 atom stereocenters. The van der Waals surface area contributed by atoms with Gasteiger partial charge < -0.3 is 8.97 Å². The fourth-order valence-corrected chi connectivity index (χ4v) is 0.961. The molecule has 74 valence electrons. The van der Waals surface area contributed by atoms with Crippen LogP contribution in [0.4, 0.5) is 0 Å². The van der Waals surface area contributed by atoms with E-state index in [9.17, 15) is 0 Å². The first-order valence-electron chi connectivity index (χ1n) is 4.74. The molecular formula is C10H26N2+2. The van der Waals surface area contributed by atoms with Gasteiger partial charge in [0.15, 0.2) is 0 Å². The third kappa shape index (κ3) is 5.56. The highest BCUT2D eigenvalue weighted by Gasteiger charge is 2.20. The molecule has 0 spiro atoms. The van der Waals surface area contributed by atoms with Crippen molar-refractivity contribution in [2.75, 3.05) is 48.8 Å². The normalized spacial score (nSPS) is 16.2. The summed E-state index contributed by atoms with van der Waals surface area (Å²) in [6.45, 7) is 3.59. The first kappa shape index (κ1) is 11.9. The van der Waals surface area contributed by atoms with E-state index in [1.807, 2.05) is 0 Å². The minimum absolute atomic E-state index is 0.752. The van der Waals surface area contributed by atoms with Crippen LogP contribution in [0.2, 0.25) is 0 Å². The van der Waals surface area contributed by atoms with E-state index in [1.165, 1.54) is 13.0 Å². The van der Waals surface area contributed by atoms with Crippen molar-refractivity contribution < 1.29 is 8.97 Å². The molecule has 0 aliphatic carbocycles. The minimum atomic E-state index is 0.752. The van der Waals surface area contributed by atoms with Crippen molar-refractivity contribution in [3.8, 4) is 0 Å². The molecule has 0 saturated carbocycles. The summed E-state index contributed by atoms with van der Waals surface area (Å²) in [4.78, 5) is 0. The van der Waals surface area contributed by atoms with Crippen molar-refractivity contribution in [1.29, 1.82) is 0 Å². The fraction of sp³-hybridized carbons (Fsp3) is 1.00. The topological polar surface area (TPSA) is 0 Å². The lowest BCUT2D eigenvalue weighted by Crippen LogP contribution is -2.46. The van der Waals surface area contributed by atoms with E-state index in [0.717, 1.165) is 15.0 Å². The number of nitrogens with zero attached hydrogens (tertiary/aromatic N) is 2. The van der Waals surface area contributed by atoms with Crippen LogP contribution in [-0.2, 0) is 0 Å². The molecule has 0 radical (unpaired) electrons. The molecule has 0 rings (SSSR count). The molecule has 0 fully saturated rings. The summed E-state index contributed by atoms with van der Waals surface area (Å²) in [5.74, 6) is 0. The Bertz CT molecular complexity index is 128. The van der Waals surface area contributed by atoms with E-state index in [4.69, 9.17) is 0 Å². The summed E-state index contributed by atoms with van der Waals surface area (Å²) in [7, 11) is 13.5. The lowest BCUT2D eigenvalue weighted by Gasteiger charge is -2.33. The van der Waals surface area contributed by atoms with Gasteiger partial charge in [-0.05, 0) is 6.92 Å². The number of rotatable bonds is 4. The Morgan fingerprint density at radius 3 is 1.58 bits per heavy atom. The Kier molecular flexibility index (Phi) is 3.73. The Labute approximate surface area is 78.0 Å². The Morgan fingerprint density at radius 1 is 0.917 bits per heavy atom. The molecule has 0 aliphatic rings. The number of hydrogen-bond donors (Lipinski definition) is 0. The van der Waals surface area contributed by atoms with Crippen LogP contribution in [0.1, 0.15) is 13.3 Å². The van der Waals surface area contributed by atoms with Crippen molar-refractivity contribution in [2.24, 2.45) is 0 Å². The van der Waals surface area contributed by atoms with Crippen molar-refractivity contribution in [2.45, 2.75) is 19.4 Å². The van der Waals surface area contributed by atoms with Gasteiger partial charge in [-0.3, -0.25) is 0 Å². The molecule has 0 aromatic carbocycles. The van der Waals surface area contributed by atoms with Gasteiger partial charge in [0.25, 0.3) is 0 Å². The van der Waals surface area contributed by atoms with Gasteiger partial charge >= 0.3 is 0 Å². The van der Waals surface area contributed by atoms with E-state index in [2.05, 4.69) is 49.2 Å². The molecule has 2 nitrogen and oxygen atoms in total. The van der Waals surface area contributed by atoms with Crippen LogP contribution < -0.4 is 0 Å². The fourth-order valence-electron chi connectivity index (χ4n) is 0.961. The van der Waals surface area contributed by atoms with Gasteiger partial charge in [-0.25, -0.2) is 0 Å². The predicted molar refractivity (Wildman–Crippen MR) is 55.0 cm³/mol. The van der Waals surface area contributed by atoms with E-state index in [1.54, 1.807) is 0 Å². The average molecular weight is 174 g/mol. The lowest BCUT2D eigenvalue weighted by molar-refractivity contribution is -0.906. The first-order valence-corrected chi connectivity index (χ1v) is 4.74. The molecular weight excluding hydrogens is 148 g/mol. The molecule has 1 unspecified atom stereocenters. The zero-order valence-electron chi connectivity index (χ0n) is 9.89. The van der Waals surface area contributed by atoms with E-state index < -0.39 is 0 Å². The SMILES string of the molecule is CC(CC[N+](C)(C)C)[N+](C)(C)C. The monoisotopic (exact) mass is 174 g/mol. The molecule has 0 saturated heterocycles. The van der Waals surface area contributed by atoms with E-state index in [-0.39, 0.29) is 0 Å². The molecule has 0 heterocycles. The third-order valence-electron chi connectivity index (χ3n) is 2.54. The van der Waals surface area contributed by atoms with Gasteiger partial charge in [-0.1, -0.05) is 0 Å². The smallest absolute Gasteiger partial charge is 0.0909 e. The van der Waals surface area contributed by atoms with Crippen molar-refractivity contribution in [3.05, 3.63) is 0 Å². The molecule has 12 heavy (non-hydrogen) atoms. The second-order valence-electron chi connectivity index (χ2n) is 5.77. The van der Waals surface area contributed by atoms with Gasteiger partial charge in [-0.15, -0.1) is 0 Å². The van der Waals surface area contributed by atoms with E-state index in [0.29, 0.717) is 0 Å². The Morgan fingerprint density at radius 2 is 1.33 bits per heavy atom. The van der Waals surface area contributed by atoms with Crippen molar-refractivity contribution in [3.63, 3.8) is 0 Å². The predicted octanol–water partition coefficient (Wildman–Crippen LogP) is 1.18. The standard InChI is InChI=1S/C10H26N2/c1-10(12(5,6)7)8-9-11(2,3)4/h10H,8-9H2,1-7H3/q+2. The van der Waals surface area contributed by atoms with Crippen LogP contribution in [0.3, 0.4) is 0 Å². The maximum Gasteiger partial charge on any atom is 0.0909 e. The number of quaternary nitrogens is 2. The maximum absolute atomic E-state index is 2.33. The van der Waals surface area contributed by atoms with Gasteiger partial charge in [0, 0.05) is 6.42 Å². The quantitative estimate of drug-likeness (QED) is 0.561. The molecule has 2 heteroatoms. The zero-order chi connectivity index (χ0) is 9.99. The van der Waals surface area contributed by atoms with Crippen molar-refractivity contribution >= 4 is 0 Å². The van der Waals surface area contributed by atoms with Gasteiger partial charge in [0.1, 0.15) is 0 Å². The van der Waals surface area contributed by atoms with Crippen LogP contribution >= 0.6 is 0 Å². The van der Waals surface area contributed by atoms with Gasteiger partial charge in [0.2, 0.25) is 0 Å². The minimum Gasteiger partial charge on any atom is -0.331 e. The van der Waals surface area contributed by atoms with Crippen LogP contribution in [0.15, 0.2) is 0 Å². The summed E-state index contributed by atoms with van der Waals surface area (Å²) in [5, 5.41) is 0. The first-order chi connectivity index (χ1) is 5.13. The molecule has 0 aromatic rings. The highest BCUT2D eigenvalue weighted by atomic mass is 15.3. The summed E-state index contributed by atoms with van der Waals surface area (Å²) in [6.07, 6.45) is 1.30. The molecule has 0 aliphatic heterocycles. The van der Waals surface area contributed by atoms with E-state index >= 15 is 0 Å². The third-order valence-corrected chi connectivity index (χ3v) is 2.54. The van der Waals surface area contributed by atoms with Crippen LogP contribution in [-0.4, -0.2) is 63.8 Å². The number of hydrogen-bond acceptors (Lipinski definition) is 0. The second kappa shape index (κ2) is 3.75. The van der Waals surface area contributed by atoms with Crippen LogP contribution in [0.25, 0.3) is 0 Å². The molecule has 0 amide bonds. The van der Waals surface area contributed by atoms with Crippen molar-refractivity contribution in [1.82, 2.24) is 0 Å². The zero-order valence-corrected chi connectivity index (χ0v) is 9.89. The van der Waals surface area contributed by atoms with Crippen LogP contribution in [0.5, 0.6) is 0 Å². The summed E-state index contributed by atoms with van der Waals surface area (Å²) < 4.78 is 2.14. The lowest BCUT2D eigenvalue weighted by atomic mass is 10.2. The average Bonchev–Trinajstić information content (AvgIpc) is 1.78.